The number of nitrogens with zero attached hydrogens (tertiary/aromatic N) is 2. The Bertz CT molecular complexity index is 605. The molecule has 6 nitrogen and oxygen atoms in total. The van der Waals surface area contributed by atoms with E-state index in [1.807, 2.05) is 0 Å². The van der Waals surface area contributed by atoms with Crippen LogP contribution >= 0.6 is 11.6 Å². The molecule has 1 saturated heterocycles. The quantitative estimate of drug-likeness (QED) is 0.852. The molecule has 0 bridgehead atoms. The summed E-state index contributed by atoms with van der Waals surface area (Å²) in [4.78, 5) is 14.5. The van der Waals surface area contributed by atoms with Gasteiger partial charge in [0.1, 0.15) is 10.0 Å². The molecule has 1 unspecified atom stereocenters. The van der Waals surface area contributed by atoms with Gasteiger partial charge in [-0.1, -0.05) is 11.6 Å². The second kappa shape index (κ2) is 6.07. The maximum Gasteiger partial charge on any atom is 0.303 e. The fourth-order valence-corrected chi connectivity index (χ4v) is 4.34. The Balaban J connectivity index is 2.22. The number of carboxylic acids is 1. The van der Waals surface area contributed by atoms with Gasteiger partial charge < -0.3 is 5.11 Å². The summed E-state index contributed by atoms with van der Waals surface area (Å²) in [7, 11) is -3.72. The van der Waals surface area contributed by atoms with Crippen LogP contribution in [0.4, 0.5) is 0 Å². The number of halogens is 1. The summed E-state index contributed by atoms with van der Waals surface area (Å²) in [5.41, 5.74) is 0. The van der Waals surface area contributed by atoms with Crippen molar-refractivity contribution in [3.8, 4) is 0 Å². The number of aliphatic carboxylic acids is 1. The second-order valence-corrected chi connectivity index (χ2v) is 7.03. The maximum atomic E-state index is 12.5. The predicted molar refractivity (Wildman–Crippen MR) is 73.0 cm³/mol. The summed E-state index contributed by atoms with van der Waals surface area (Å²) in [6.07, 6.45) is 2.77. The number of hydrogen-bond donors (Lipinski definition) is 1. The molecule has 0 aromatic carbocycles. The highest BCUT2D eigenvalue weighted by atomic mass is 35.5. The predicted octanol–water partition coefficient (Wildman–Crippen LogP) is 1.61. The van der Waals surface area contributed by atoms with Gasteiger partial charge in [-0.15, -0.1) is 0 Å². The van der Waals surface area contributed by atoms with Crippen molar-refractivity contribution in [2.45, 2.75) is 24.2 Å². The zero-order valence-corrected chi connectivity index (χ0v) is 12.3. The zero-order valence-electron chi connectivity index (χ0n) is 10.7. The highest BCUT2D eigenvalue weighted by Crippen LogP contribution is 2.27. The Labute approximate surface area is 122 Å². The van der Waals surface area contributed by atoms with Crippen molar-refractivity contribution >= 4 is 27.6 Å². The molecule has 1 aromatic rings. The molecule has 0 spiro atoms. The van der Waals surface area contributed by atoms with Crippen LogP contribution in [0, 0.1) is 5.92 Å². The molecule has 1 N–H and O–H groups in total. The van der Waals surface area contributed by atoms with Gasteiger partial charge in [-0.3, -0.25) is 4.79 Å². The van der Waals surface area contributed by atoms with E-state index < -0.39 is 16.0 Å². The van der Waals surface area contributed by atoms with Crippen LogP contribution in [0.15, 0.2) is 23.2 Å². The van der Waals surface area contributed by atoms with Crippen molar-refractivity contribution < 1.29 is 18.3 Å². The van der Waals surface area contributed by atoms with Crippen molar-refractivity contribution in [1.82, 2.24) is 9.29 Å². The van der Waals surface area contributed by atoms with Crippen LogP contribution in [0.5, 0.6) is 0 Å². The normalized spacial score (nSPS) is 20.8. The van der Waals surface area contributed by atoms with E-state index in [1.54, 1.807) is 0 Å². The molecule has 0 amide bonds. The average molecular weight is 319 g/mol. The van der Waals surface area contributed by atoms with Crippen LogP contribution in [0.1, 0.15) is 19.3 Å². The minimum absolute atomic E-state index is 0.0210. The summed E-state index contributed by atoms with van der Waals surface area (Å²) in [6.45, 7) is 0.587. The van der Waals surface area contributed by atoms with Crippen molar-refractivity contribution in [3.05, 3.63) is 23.5 Å². The second-order valence-electron chi connectivity index (χ2n) is 4.76. The molecule has 1 aromatic heterocycles. The maximum absolute atomic E-state index is 12.5. The molecule has 1 aliphatic heterocycles. The van der Waals surface area contributed by atoms with E-state index >= 15 is 0 Å². The summed E-state index contributed by atoms with van der Waals surface area (Å²) in [5.74, 6) is -1.07. The molecule has 1 aliphatic rings. The van der Waals surface area contributed by atoms with Crippen molar-refractivity contribution in [2.24, 2.45) is 5.92 Å². The molecular weight excluding hydrogens is 304 g/mol. The fraction of sp³-hybridized carbons (Fsp3) is 0.500. The number of aromatic nitrogens is 1. The molecule has 110 valence electrons. The van der Waals surface area contributed by atoms with Crippen molar-refractivity contribution in [1.29, 1.82) is 0 Å². The van der Waals surface area contributed by atoms with Crippen LogP contribution in [0.3, 0.4) is 0 Å². The number of rotatable bonds is 4. The number of pyridine rings is 1. The minimum atomic E-state index is -3.72. The van der Waals surface area contributed by atoms with Gasteiger partial charge in [-0.05, 0) is 30.9 Å². The molecule has 0 aliphatic carbocycles. The monoisotopic (exact) mass is 318 g/mol. The average Bonchev–Trinajstić information content (AvgIpc) is 2.38. The Morgan fingerprint density at radius 3 is 2.95 bits per heavy atom. The standard InChI is InChI=1S/C12H15ClN2O4S/c13-12-10(4-1-5-14-12)20(18,19)15-6-2-3-9(8-15)7-11(16)17/h1,4-5,9H,2-3,6-8H2,(H,16,17). The molecule has 0 saturated carbocycles. The molecule has 8 heteroatoms. The summed E-state index contributed by atoms with van der Waals surface area (Å²) >= 11 is 5.84. The Hall–Kier alpha value is -1.18. The van der Waals surface area contributed by atoms with Gasteiger partial charge in [0.05, 0.1) is 0 Å². The lowest BCUT2D eigenvalue weighted by molar-refractivity contribution is -0.138. The molecule has 1 fully saturated rings. The number of carbonyl (C=O) groups is 1. The molecule has 20 heavy (non-hydrogen) atoms. The van der Waals surface area contributed by atoms with Gasteiger partial charge in [0.15, 0.2) is 0 Å². The molecule has 2 rings (SSSR count). The largest absolute Gasteiger partial charge is 0.481 e. The summed E-state index contributed by atoms with van der Waals surface area (Å²) in [5, 5.41) is 8.75. The molecular formula is C12H15ClN2O4S. The Morgan fingerprint density at radius 2 is 2.30 bits per heavy atom. The van der Waals surface area contributed by atoms with Gasteiger partial charge in [-0.25, -0.2) is 13.4 Å². The number of piperidine rings is 1. The van der Waals surface area contributed by atoms with Crippen molar-refractivity contribution in [3.63, 3.8) is 0 Å². The van der Waals surface area contributed by atoms with E-state index in [0.29, 0.717) is 13.0 Å². The number of hydrogen-bond acceptors (Lipinski definition) is 4. The summed E-state index contributed by atoms with van der Waals surface area (Å²) < 4.78 is 26.3. The van der Waals surface area contributed by atoms with E-state index in [4.69, 9.17) is 16.7 Å². The number of carboxylic acid groups (broad SMARTS) is 1. The Kier molecular flexibility index (Phi) is 4.62. The first-order chi connectivity index (χ1) is 9.41. The number of sulfonamides is 1. The third-order valence-electron chi connectivity index (χ3n) is 3.29. The lowest BCUT2D eigenvalue weighted by Crippen LogP contribution is -2.40. The van der Waals surface area contributed by atoms with Gasteiger partial charge in [0.25, 0.3) is 0 Å². The fourth-order valence-electron chi connectivity index (χ4n) is 2.36. The van der Waals surface area contributed by atoms with E-state index in [1.165, 1.54) is 22.6 Å². The first-order valence-electron chi connectivity index (χ1n) is 6.23. The first-order valence-corrected chi connectivity index (χ1v) is 8.05. The minimum Gasteiger partial charge on any atom is -0.481 e. The van der Waals surface area contributed by atoms with E-state index in [2.05, 4.69) is 4.98 Å². The van der Waals surface area contributed by atoms with Crippen LogP contribution < -0.4 is 0 Å². The highest BCUT2D eigenvalue weighted by molar-refractivity contribution is 7.89. The van der Waals surface area contributed by atoms with Gasteiger partial charge in [-0.2, -0.15) is 4.31 Å². The SMILES string of the molecule is O=C(O)CC1CCCN(S(=O)(=O)c2cccnc2Cl)C1. The van der Waals surface area contributed by atoms with Crippen LogP contribution in [-0.4, -0.2) is 41.9 Å². The molecule has 0 radical (unpaired) electrons. The lowest BCUT2D eigenvalue weighted by atomic mass is 9.96. The first kappa shape index (κ1) is 15.2. The van der Waals surface area contributed by atoms with E-state index in [0.717, 1.165) is 6.42 Å². The Morgan fingerprint density at radius 1 is 1.55 bits per heavy atom. The van der Waals surface area contributed by atoms with Crippen LogP contribution in [-0.2, 0) is 14.8 Å². The highest BCUT2D eigenvalue weighted by Gasteiger charge is 2.32. The zero-order chi connectivity index (χ0) is 14.8. The third kappa shape index (κ3) is 3.28. The third-order valence-corrected chi connectivity index (χ3v) is 5.60. The molecule has 2 heterocycles. The van der Waals surface area contributed by atoms with Gasteiger partial charge in [0.2, 0.25) is 10.0 Å². The van der Waals surface area contributed by atoms with Crippen LogP contribution in [0.25, 0.3) is 0 Å². The van der Waals surface area contributed by atoms with Crippen LogP contribution in [0.2, 0.25) is 5.15 Å². The smallest absolute Gasteiger partial charge is 0.303 e. The lowest BCUT2D eigenvalue weighted by Gasteiger charge is -2.31. The summed E-state index contributed by atoms with van der Waals surface area (Å²) in [6, 6.07) is 2.92. The van der Waals surface area contributed by atoms with Gasteiger partial charge in [0, 0.05) is 25.7 Å². The van der Waals surface area contributed by atoms with Crippen molar-refractivity contribution in [2.75, 3.05) is 13.1 Å². The van der Waals surface area contributed by atoms with E-state index in [9.17, 15) is 13.2 Å². The molecule has 1 atom stereocenters. The topological polar surface area (TPSA) is 87.6 Å². The van der Waals surface area contributed by atoms with Gasteiger partial charge >= 0.3 is 5.97 Å². The van der Waals surface area contributed by atoms with E-state index in [-0.39, 0.29) is 28.9 Å².